The van der Waals surface area contributed by atoms with Gasteiger partial charge in [0.25, 0.3) is 0 Å². The van der Waals surface area contributed by atoms with Crippen molar-refractivity contribution in [3.63, 3.8) is 0 Å². The van der Waals surface area contributed by atoms with Gasteiger partial charge < -0.3 is 5.11 Å². The Morgan fingerprint density at radius 3 is 2.58 bits per heavy atom. The van der Waals surface area contributed by atoms with Crippen LogP contribution in [0.5, 0.6) is 0 Å². The van der Waals surface area contributed by atoms with Gasteiger partial charge in [-0.3, -0.25) is 4.79 Å². The summed E-state index contributed by atoms with van der Waals surface area (Å²) in [5.74, 6) is 0.323. The van der Waals surface area contributed by atoms with Crippen LogP contribution < -0.4 is 0 Å². The molecule has 2 heteroatoms. The molecule has 12 heavy (non-hydrogen) atoms. The standard InChI is InChI=1S/C10H12O2/c11-9(12)7-5-6-1-2-8(7)10(6)3-4-10/h1-2,6-8H,3-5H2,(H,11,12)/t6-,7+,8+/m0/s1. The van der Waals surface area contributed by atoms with E-state index in [-0.39, 0.29) is 5.92 Å². The Hall–Kier alpha value is -0.790. The van der Waals surface area contributed by atoms with E-state index >= 15 is 0 Å². The molecule has 0 aromatic heterocycles. The molecule has 0 aliphatic heterocycles. The third-order valence-corrected chi connectivity index (χ3v) is 4.04. The molecular formula is C10H12O2. The zero-order valence-electron chi connectivity index (χ0n) is 6.86. The molecule has 1 spiro atoms. The molecule has 0 heterocycles. The predicted octanol–water partition coefficient (Wildman–Crippen LogP) is 1.67. The summed E-state index contributed by atoms with van der Waals surface area (Å²) in [5, 5.41) is 8.96. The lowest BCUT2D eigenvalue weighted by Crippen LogP contribution is -2.20. The third kappa shape index (κ3) is 0.563. The molecule has 3 rings (SSSR count). The largest absolute Gasteiger partial charge is 0.481 e. The fourth-order valence-electron chi connectivity index (χ4n) is 3.26. The molecule has 2 saturated carbocycles. The lowest BCUT2D eigenvalue weighted by atomic mass is 9.89. The van der Waals surface area contributed by atoms with Crippen LogP contribution in [-0.2, 0) is 4.79 Å². The minimum atomic E-state index is -0.585. The summed E-state index contributed by atoms with van der Waals surface area (Å²) in [6.07, 6.45) is 7.83. The van der Waals surface area contributed by atoms with E-state index in [1.807, 2.05) is 0 Å². The number of hydrogen-bond donors (Lipinski definition) is 1. The van der Waals surface area contributed by atoms with Crippen molar-refractivity contribution >= 4 is 5.97 Å². The molecule has 0 unspecified atom stereocenters. The summed E-state index contributed by atoms with van der Waals surface area (Å²) in [5.41, 5.74) is 0.434. The van der Waals surface area contributed by atoms with Crippen molar-refractivity contribution in [3.8, 4) is 0 Å². The summed E-state index contributed by atoms with van der Waals surface area (Å²) in [7, 11) is 0. The van der Waals surface area contributed by atoms with Crippen molar-refractivity contribution in [2.45, 2.75) is 19.3 Å². The van der Waals surface area contributed by atoms with Crippen molar-refractivity contribution in [1.29, 1.82) is 0 Å². The molecule has 3 aliphatic rings. The van der Waals surface area contributed by atoms with Crippen LogP contribution in [0.4, 0.5) is 0 Å². The van der Waals surface area contributed by atoms with E-state index in [1.165, 1.54) is 12.8 Å². The van der Waals surface area contributed by atoms with E-state index in [1.54, 1.807) is 0 Å². The molecule has 0 aromatic rings. The minimum absolute atomic E-state index is 0.0671. The van der Waals surface area contributed by atoms with Crippen molar-refractivity contribution in [1.82, 2.24) is 0 Å². The normalized spacial score (nSPS) is 45.5. The van der Waals surface area contributed by atoms with Gasteiger partial charge in [0, 0.05) is 0 Å². The van der Waals surface area contributed by atoms with Gasteiger partial charge in [0.15, 0.2) is 0 Å². The Labute approximate surface area is 71.3 Å². The van der Waals surface area contributed by atoms with Gasteiger partial charge in [0.2, 0.25) is 0 Å². The summed E-state index contributed by atoms with van der Waals surface area (Å²) in [6.45, 7) is 0. The topological polar surface area (TPSA) is 37.3 Å². The SMILES string of the molecule is O=C(O)[C@@H]1C[C@@H]2C=C[C@H]1C21CC1. The van der Waals surface area contributed by atoms with Crippen molar-refractivity contribution in [2.24, 2.45) is 23.2 Å². The van der Waals surface area contributed by atoms with E-state index in [0.29, 0.717) is 17.3 Å². The van der Waals surface area contributed by atoms with Crippen LogP contribution in [0, 0.1) is 23.2 Å². The molecule has 2 nitrogen and oxygen atoms in total. The molecule has 0 amide bonds. The van der Waals surface area contributed by atoms with Crippen molar-refractivity contribution in [3.05, 3.63) is 12.2 Å². The van der Waals surface area contributed by atoms with Crippen molar-refractivity contribution < 1.29 is 9.90 Å². The highest BCUT2D eigenvalue weighted by atomic mass is 16.4. The van der Waals surface area contributed by atoms with Crippen LogP contribution in [0.15, 0.2) is 12.2 Å². The van der Waals surface area contributed by atoms with Crippen LogP contribution in [0.2, 0.25) is 0 Å². The maximum absolute atomic E-state index is 10.9. The Kier molecular flexibility index (Phi) is 0.980. The second-order valence-corrected chi connectivity index (χ2v) is 4.43. The summed E-state index contributed by atoms with van der Waals surface area (Å²) in [6, 6.07) is 0. The fraction of sp³-hybridized carbons (Fsp3) is 0.700. The average molecular weight is 164 g/mol. The molecule has 2 fully saturated rings. The highest BCUT2D eigenvalue weighted by Crippen LogP contribution is 2.70. The summed E-state index contributed by atoms with van der Waals surface area (Å²) < 4.78 is 0. The van der Waals surface area contributed by atoms with Crippen LogP contribution in [0.25, 0.3) is 0 Å². The van der Waals surface area contributed by atoms with Crippen LogP contribution in [-0.4, -0.2) is 11.1 Å². The first-order chi connectivity index (χ1) is 5.74. The van der Waals surface area contributed by atoms with Crippen molar-refractivity contribution in [2.75, 3.05) is 0 Å². The zero-order valence-corrected chi connectivity index (χ0v) is 6.86. The molecule has 3 atom stereocenters. The lowest BCUT2D eigenvalue weighted by Gasteiger charge is -2.14. The second-order valence-electron chi connectivity index (χ2n) is 4.43. The predicted molar refractivity (Wildman–Crippen MR) is 43.5 cm³/mol. The summed E-state index contributed by atoms with van der Waals surface area (Å²) >= 11 is 0. The maximum atomic E-state index is 10.9. The van der Waals surface area contributed by atoms with E-state index < -0.39 is 5.97 Å². The smallest absolute Gasteiger partial charge is 0.307 e. The molecule has 3 aliphatic carbocycles. The van der Waals surface area contributed by atoms with Gasteiger partial charge in [-0.25, -0.2) is 0 Å². The van der Waals surface area contributed by atoms with E-state index in [4.69, 9.17) is 5.11 Å². The second kappa shape index (κ2) is 1.76. The van der Waals surface area contributed by atoms with Gasteiger partial charge in [-0.2, -0.15) is 0 Å². The Balaban J connectivity index is 1.97. The first-order valence-corrected chi connectivity index (χ1v) is 4.65. The molecular weight excluding hydrogens is 152 g/mol. The number of aliphatic carboxylic acids is 1. The first kappa shape index (κ1) is 6.70. The quantitative estimate of drug-likeness (QED) is 0.598. The van der Waals surface area contributed by atoms with E-state index in [2.05, 4.69) is 12.2 Å². The highest BCUT2D eigenvalue weighted by Gasteiger charge is 2.64. The summed E-state index contributed by atoms with van der Waals surface area (Å²) in [4.78, 5) is 10.9. The van der Waals surface area contributed by atoms with Crippen LogP contribution in [0.3, 0.4) is 0 Å². The number of carboxylic acid groups (broad SMARTS) is 1. The molecule has 0 saturated heterocycles. The third-order valence-electron chi connectivity index (χ3n) is 4.04. The number of carbonyl (C=O) groups is 1. The minimum Gasteiger partial charge on any atom is -0.481 e. The molecule has 64 valence electrons. The van der Waals surface area contributed by atoms with Crippen LogP contribution >= 0.6 is 0 Å². The average Bonchev–Trinajstić information content (AvgIpc) is 2.69. The first-order valence-electron chi connectivity index (χ1n) is 4.65. The van der Waals surface area contributed by atoms with Crippen LogP contribution in [0.1, 0.15) is 19.3 Å². The highest BCUT2D eigenvalue weighted by molar-refractivity contribution is 5.72. The van der Waals surface area contributed by atoms with Gasteiger partial charge in [-0.1, -0.05) is 12.2 Å². The number of allylic oxidation sites excluding steroid dienone is 2. The number of rotatable bonds is 1. The van der Waals surface area contributed by atoms with Gasteiger partial charge in [0.1, 0.15) is 0 Å². The number of carboxylic acids is 1. The Morgan fingerprint density at radius 1 is 1.42 bits per heavy atom. The molecule has 0 radical (unpaired) electrons. The molecule has 1 N–H and O–H groups in total. The molecule has 0 aromatic carbocycles. The van der Waals surface area contributed by atoms with E-state index in [9.17, 15) is 4.79 Å². The van der Waals surface area contributed by atoms with E-state index in [0.717, 1.165) is 6.42 Å². The van der Waals surface area contributed by atoms with Gasteiger partial charge in [-0.05, 0) is 36.5 Å². The van der Waals surface area contributed by atoms with Gasteiger partial charge in [-0.15, -0.1) is 0 Å². The van der Waals surface area contributed by atoms with Gasteiger partial charge >= 0.3 is 5.97 Å². The number of hydrogen-bond acceptors (Lipinski definition) is 1. The zero-order chi connectivity index (χ0) is 8.34. The van der Waals surface area contributed by atoms with Gasteiger partial charge in [0.05, 0.1) is 5.92 Å². The monoisotopic (exact) mass is 164 g/mol. The fourth-order valence-corrected chi connectivity index (χ4v) is 3.26. The molecule has 2 bridgehead atoms. The Morgan fingerprint density at radius 2 is 2.17 bits per heavy atom. The lowest BCUT2D eigenvalue weighted by molar-refractivity contribution is -0.142. The Bertz CT molecular complexity index is 276. The maximum Gasteiger partial charge on any atom is 0.307 e.